The highest BCUT2D eigenvalue weighted by Gasteiger charge is 2.09. The topological polar surface area (TPSA) is 34.6 Å². The number of hydrogen-bond acceptors (Lipinski definition) is 4. The standard InChI is InChI=1S/C13H21ClN2O2/c1-3-9-18-12-5-4-7-15-13(12)16(2)8-11-17-10-6-14/h4-5,7H,3,6,8-11H2,1-2H3. The van der Waals surface area contributed by atoms with Crippen molar-refractivity contribution in [3.8, 4) is 5.75 Å². The molecular formula is C13H21ClN2O2. The lowest BCUT2D eigenvalue weighted by Crippen LogP contribution is -2.24. The van der Waals surface area contributed by atoms with Gasteiger partial charge in [-0.25, -0.2) is 4.98 Å². The fourth-order valence-corrected chi connectivity index (χ4v) is 1.57. The van der Waals surface area contributed by atoms with Gasteiger partial charge in [-0.1, -0.05) is 6.92 Å². The highest BCUT2D eigenvalue weighted by molar-refractivity contribution is 6.17. The Balaban J connectivity index is 2.52. The number of rotatable bonds is 9. The van der Waals surface area contributed by atoms with Crippen LogP contribution < -0.4 is 9.64 Å². The van der Waals surface area contributed by atoms with Crippen molar-refractivity contribution in [1.29, 1.82) is 0 Å². The minimum Gasteiger partial charge on any atom is -0.490 e. The molecule has 0 aromatic carbocycles. The number of pyridine rings is 1. The van der Waals surface area contributed by atoms with Gasteiger partial charge >= 0.3 is 0 Å². The molecule has 102 valence electrons. The Labute approximate surface area is 114 Å². The number of likely N-dealkylation sites (N-methyl/N-ethyl adjacent to an activating group) is 1. The van der Waals surface area contributed by atoms with E-state index in [1.165, 1.54) is 0 Å². The van der Waals surface area contributed by atoms with Crippen LogP contribution in [-0.4, -0.2) is 44.3 Å². The first-order valence-corrected chi connectivity index (χ1v) is 6.75. The number of aromatic nitrogens is 1. The monoisotopic (exact) mass is 272 g/mol. The molecule has 1 aromatic heterocycles. The molecule has 0 amide bonds. The molecule has 0 aliphatic rings. The van der Waals surface area contributed by atoms with Crippen molar-refractivity contribution >= 4 is 17.4 Å². The Kier molecular flexibility index (Phi) is 7.53. The summed E-state index contributed by atoms with van der Waals surface area (Å²) in [6.07, 6.45) is 2.75. The van der Waals surface area contributed by atoms with Crippen molar-refractivity contribution in [3.63, 3.8) is 0 Å². The molecule has 0 N–H and O–H groups in total. The van der Waals surface area contributed by atoms with E-state index in [2.05, 4.69) is 11.9 Å². The summed E-state index contributed by atoms with van der Waals surface area (Å²) in [7, 11) is 1.98. The van der Waals surface area contributed by atoms with Crippen LogP contribution in [0.25, 0.3) is 0 Å². The number of anilines is 1. The first-order chi connectivity index (χ1) is 8.79. The van der Waals surface area contributed by atoms with E-state index in [1.807, 2.05) is 24.1 Å². The summed E-state index contributed by atoms with van der Waals surface area (Å²) in [4.78, 5) is 6.38. The van der Waals surface area contributed by atoms with Crippen LogP contribution in [0.2, 0.25) is 0 Å². The number of alkyl halides is 1. The Morgan fingerprint density at radius 2 is 2.17 bits per heavy atom. The van der Waals surface area contributed by atoms with Crippen molar-refractivity contribution < 1.29 is 9.47 Å². The molecule has 0 atom stereocenters. The highest BCUT2D eigenvalue weighted by Crippen LogP contribution is 2.24. The number of halogens is 1. The molecule has 0 aliphatic heterocycles. The van der Waals surface area contributed by atoms with E-state index in [4.69, 9.17) is 21.1 Å². The van der Waals surface area contributed by atoms with Crippen molar-refractivity contribution in [1.82, 2.24) is 4.98 Å². The Morgan fingerprint density at radius 3 is 2.89 bits per heavy atom. The van der Waals surface area contributed by atoms with Crippen LogP contribution in [0, 0.1) is 0 Å². The van der Waals surface area contributed by atoms with Gasteiger partial charge in [-0.05, 0) is 18.6 Å². The lowest BCUT2D eigenvalue weighted by molar-refractivity contribution is 0.156. The molecule has 0 radical (unpaired) electrons. The van der Waals surface area contributed by atoms with Crippen molar-refractivity contribution in [2.24, 2.45) is 0 Å². The molecule has 0 aliphatic carbocycles. The van der Waals surface area contributed by atoms with Gasteiger partial charge in [0, 0.05) is 25.7 Å². The van der Waals surface area contributed by atoms with Crippen LogP contribution in [0.5, 0.6) is 5.75 Å². The zero-order valence-electron chi connectivity index (χ0n) is 11.1. The molecular weight excluding hydrogens is 252 g/mol. The largest absolute Gasteiger partial charge is 0.490 e. The van der Waals surface area contributed by atoms with Crippen molar-refractivity contribution in [3.05, 3.63) is 18.3 Å². The maximum absolute atomic E-state index is 5.67. The zero-order valence-corrected chi connectivity index (χ0v) is 11.8. The first kappa shape index (κ1) is 15.1. The number of nitrogens with zero attached hydrogens (tertiary/aromatic N) is 2. The van der Waals surface area contributed by atoms with Crippen LogP contribution in [-0.2, 0) is 4.74 Å². The molecule has 1 rings (SSSR count). The highest BCUT2D eigenvalue weighted by atomic mass is 35.5. The lowest BCUT2D eigenvalue weighted by Gasteiger charge is -2.20. The van der Waals surface area contributed by atoms with Gasteiger partial charge in [0.1, 0.15) is 0 Å². The predicted octanol–water partition coefficient (Wildman–Crippen LogP) is 2.56. The Hall–Kier alpha value is -1.00. The second-order valence-electron chi connectivity index (χ2n) is 3.90. The van der Waals surface area contributed by atoms with E-state index in [0.29, 0.717) is 25.7 Å². The predicted molar refractivity (Wildman–Crippen MR) is 74.8 cm³/mol. The third kappa shape index (κ3) is 5.10. The van der Waals surface area contributed by atoms with E-state index >= 15 is 0 Å². The second-order valence-corrected chi connectivity index (χ2v) is 4.27. The van der Waals surface area contributed by atoms with E-state index in [0.717, 1.165) is 24.5 Å². The fourth-order valence-electron chi connectivity index (χ4n) is 1.46. The normalized spacial score (nSPS) is 10.4. The molecule has 0 bridgehead atoms. The zero-order chi connectivity index (χ0) is 13.2. The lowest BCUT2D eigenvalue weighted by atomic mass is 10.4. The van der Waals surface area contributed by atoms with Gasteiger partial charge in [0.15, 0.2) is 11.6 Å². The van der Waals surface area contributed by atoms with Gasteiger partial charge < -0.3 is 14.4 Å². The molecule has 0 spiro atoms. The first-order valence-electron chi connectivity index (χ1n) is 6.22. The molecule has 0 fully saturated rings. The van der Waals surface area contributed by atoms with E-state index in [9.17, 15) is 0 Å². The molecule has 18 heavy (non-hydrogen) atoms. The summed E-state index contributed by atoms with van der Waals surface area (Å²) in [5, 5.41) is 0. The average molecular weight is 273 g/mol. The van der Waals surface area contributed by atoms with Crippen LogP contribution in [0.3, 0.4) is 0 Å². The third-order valence-corrected chi connectivity index (χ3v) is 2.52. The molecule has 0 saturated heterocycles. The Bertz CT molecular complexity index is 337. The summed E-state index contributed by atoms with van der Waals surface area (Å²) < 4.78 is 11.0. The maximum Gasteiger partial charge on any atom is 0.171 e. The maximum atomic E-state index is 5.67. The van der Waals surface area contributed by atoms with Gasteiger partial charge in [0.25, 0.3) is 0 Å². The summed E-state index contributed by atoms with van der Waals surface area (Å²) in [5.41, 5.74) is 0. The summed E-state index contributed by atoms with van der Waals surface area (Å²) in [6, 6.07) is 3.82. The van der Waals surface area contributed by atoms with E-state index in [-0.39, 0.29) is 0 Å². The fraction of sp³-hybridized carbons (Fsp3) is 0.615. The van der Waals surface area contributed by atoms with Gasteiger partial charge in [0.2, 0.25) is 0 Å². The van der Waals surface area contributed by atoms with E-state index < -0.39 is 0 Å². The smallest absolute Gasteiger partial charge is 0.171 e. The van der Waals surface area contributed by atoms with Crippen molar-refractivity contribution in [2.75, 3.05) is 44.2 Å². The molecule has 4 nitrogen and oxygen atoms in total. The van der Waals surface area contributed by atoms with Crippen LogP contribution >= 0.6 is 11.6 Å². The van der Waals surface area contributed by atoms with Crippen LogP contribution in [0.4, 0.5) is 5.82 Å². The number of ether oxygens (including phenoxy) is 2. The SMILES string of the molecule is CCCOc1cccnc1N(C)CCOCCCl. The summed E-state index contributed by atoms with van der Waals surface area (Å²) in [5.74, 6) is 2.19. The molecule has 1 aromatic rings. The quantitative estimate of drug-likeness (QED) is 0.511. The minimum absolute atomic E-state index is 0.526. The van der Waals surface area contributed by atoms with Crippen LogP contribution in [0.1, 0.15) is 13.3 Å². The van der Waals surface area contributed by atoms with Gasteiger partial charge in [0.05, 0.1) is 19.8 Å². The molecule has 5 heteroatoms. The molecule has 0 saturated carbocycles. The average Bonchev–Trinajstić information content (AvgIpc) is 2.41. The summed E-state index contributed by atoms with van der Waals surface area (Å²) in [6.45, 7) is 4.76. The van der Waals surface area contributed by atoms with Gasteiger partial charge in [-0.15, -0.1) is 11.6 Å². The van der Waals surface area contributed by atoms with Crippen molar-refractivity contribution in [2.45, 2.75) is 13.3 Å². The van der Waals surface area contributed by atoms with Crippen LogP contribution in [0.15, 0.2) is 18.3 Å². The molecule has 1 heterocycles. The van der Waals surface area contributed by atoms with E-state index in [1.54, 1.807) is 6.20 Å². The number of hydrogen-bond donors (Lipinski definition) is 0. The molecule has 0 unspecified atom stereocenters. The second kappa shape index (κ2) is 9.00. The summed E-state index contributed by atoms with van der Waals surface area (Å²) >= 11 is 5.55. The minimum atomic E-state index is 0.526. The van der Waals surface area contributed by atoms with Gasteiger partial charge in [-0.3, -0.25) is 0 Å². The van der Waals surface area contributed by atoms with Gasteiger partial charge in [-0.2, -0.15) is 0 Å². The Morgan fingerprint density at radius 1 is 1.33 bits per heavy atom. The third-order valence-electron chi connectivity index (χ3n) is 2.37.